The van der Waals surface area contributed by atoms with E-state index in [4.69, 9.17) is 4.74 Å². The number of halogens is 1. The number of para-hydroxylation sites is 1. The average Bonchev–Trinajstić information content (AvgIpc) is 3.06. The van der Waals surface area contributed by atoms with Gasteiger partial charge in [0.25, 0.3) is 5.91 Å². The van der Waals surface area contributed by atoms with E-state index in [-0.39, 0.29) is 12.5 Å². The zero-order valence-electron chi connectivity index (χ0n) is 17.9. The normalized spacial score (nSPS) is 10.5. The molecule has 0 unspecified atom stereocenters. The van der Waals surface area contributed by atoms with Crippen LogP contribution < -0.4 is 10.6 Å². The maximum atomic E-state index is 12.5. The molecule has 3 rings (SSSR count). The molecule has 0 bridgehead atoms. The fraction of sp³-hybridized carbons (Fsp3) is 0.208. The summed E-state index contributed by atoms with van der Waals surface area (Å²) in [5.41, 5.74) is 3.83. The molecule has 0 atom stereocenters. The van der Waals surface area contributed by atoms with Crippen molar-refractivity contribution >= 4 is 39.4 Å². The Morgan fingerprint density at radius 3 is 2.38 bits per heavy atom. The molecule has 0 aliphatic heterocycles. The van der Waals surface area contributed by atoms with Gasteiger partial charge in [0.2, 0.25) is 5.91 Å². The lowest BCUT2D eigenvalue weighted by Crippen LogP contribution is -2.35. The molecule has 0 radical (unpaired) electrons. The minimum Gasteiger partial charge on any atom is -0.452 e. The first-order valence-corrected chi connectivity index (χ1v) is 10.8. The van der Waals surface area contributed by atoms with Crippen LogP contribution in [0.25, 0.3) is 0 Å². The van der Waals surface area contributed by atoms with E-state index in [0.717, 1.165) is 21.4 Å². The monoisotopic (exact) mass is 497 g/mol. The zero-order valence-corrected chi connectivity index (χ0v) is 19.4. The number of aryl methyl sites for hydroxylation is 1. The van der Waals surface area contributed by atoms with Crippen LogP contribution >= 0.6 is 15.9 Å². The molecule has 0 aliphatic carbocycles. The van der Waals surface area contributed by atoms with Gasteiger partial charge >= 0.3 is 5.97 Å². The first-order valence-electron chi connectivity index (χ1n) is 10.0. The summed E-state index contributed by atoms with van der Waals surface area (Å²) in [5, 5.41) is 5.13. The number of carbonyl (C=O) groups excluding carboxylic acids is 3. The lowest BCUT2D eigenvalue weighted by molar-refractivity contribution is -0.126. The first-order chi connectivity index (χ1) is 15.3. The van der Waals surface area contributed by atoms with E-state index < -0.39 is 18.5 Å². The Kier molecular flexibility index (Phi) is 7.83. The zero-order chi connectivity index (χ0) is 23.1. The van der Waals surface area contributed by atoms with Gasteiger partial charge in [0.05, 0.1) is 17.8 Å². The first kappa shape index (κ1) is 23.3. The van der Waals surface area contributed by atoms with Crippen LogP contribution in [-0.2, 0) is 20.9 Å². The summed E-state index contributed by atoms with van der Waals surface area (Å²) < 4.78 is 7.92. The molecule has 0 saturated carbocycles. The van der Waals surface area contributed by atoms with Crippen molar-refractivity contribution in [1.29, 1.82) is 0 Å². The van der Waals surface area contributed by atoms with Crippen molar-refractivity contribution in [2.24, 2.45) is 0 Å². The summed E-state index contributed by atoms with van der Waals surface area (Å²) in [4.78, 5) is 36.5. The van der Waals surface area contributed by atoms with Crippen LogP contribution in [-0.4, -0.2) is 35.5 Å². The molecule has 2 amide bonds. The number of hydrogen-bond acceptors (Lipinski definition) is 4. The lowest BCUT2D eigenvalue weighted by atomic mass is 10.2. The number of rotatable bonds is 8. The second kappa shape index (κ2) is 10.8. The minimum atomic E-state index is -0.578. The number of amides is 2. The Bertz CT molecular complexity index is 1130. The number of benzene rings is 2. The molecule has 2 N–H and O–H groups in total. The fourth-order valence-electron chi connectivity index (χ4n) is 3.21. The Balaban J connectivity index is 1.50. The van der Waals surface area contributed by atoms with Crippen molar-refractivity contribution in [3.05, 3.63) is 87.7 Å². The summed E-state index contributed by atoms with van der Waals surface area (Å²) in [5.74, 6) is -1.52. The number of aromatic nitrogens is 1. The molecule has 3 aromatic rings. The second-order valence-corrected chi connectivity index (χ2v) is 8.09. The largest absolute Gasteiger partial charge is 0.452 e. The van der Waals surface area contributed by atoms with Crippen LogP contribution in [0, 0.1) is 13.8 Å². The summed E-state index contributed by atoms with van der Waals surface area (Å²) in [6.45, 7) is 3.70. The molecule has 0 spiro atoms. The van der Waals surface area contributed by atoms with Gasteiger partial charge in [-0.2, -0.15) is 0 Å². The highest BCUT2D eigenvalue weighted by atomic mass is 79.9. The van der Waals surface area contributed by atoms with Crippen LogP contribution in [0.4, 0.5) is 5.69 Å². The molecule has 2 aromatic carbocycles. The van der Waals surface area contributed by atoms with Crippen LogP contribution in [0.1, 0.15) is 27.3 Å². The van der Waals surface area contributed by atoms with Gasteiger partial charge in [0.1, 0.15) is 0 Å². The summed E-state index contributed by atoms with van der Waals surface area (Å²) in [7, 11) is 0. The second-order valence-electron chi connectivity index (χ2n) is 7.24. The molecule has 8 heteroatoms. The molecule has 0 saturated heterocycles. The molecule has 7 nitrogen and oxygen atoms in total. The third-order valence-electron chi connectivity index (χ3n) is 4.91. The highest BCUT2D eigenvalue weighted by molar-refractivity contribution is 9.10. The van der Waals surface area contributed by atoms with E-state index >= 15 is 0 Å². The van der Waals surface area contributed by atoms with Gasteiger partial charge in [-0.25, -0.2) is 4.79 Å². The summed E-state index contributed by atoms with van der Waals surface area (Å²) >= 11 is 3.34. The summed E-state index contributed by atoms with van der Waals surface area (Å²) in [6, 6.07) is 18.8. The van der Waals surface area contributed by atoms with Gasteiger partial charge in [0, 0.05) is 22.4 Å². The van der Waals surface area contributed by atoms with Crippen LogP contribution in [0.15, 0.2) is 65.1 Å². The fourth-order valence-corrected chi connectivity index (χ4v) is 3.60. The Hall–Kier alpha value is -3.39. The van der Waals surface area contributed by atoms with E-state index in [1.165, 1.54) is 0 Å². The van der Waals surface area contributed by atoms with Crippen molar-refractivity contribution in [3.8, 4) is 0 Å². The topological polar surface area (TPSA) is 89.4 Å². The highest BCUT2D eigenvalue weighted by Crippen LogP contribution is 2.21. The van der Waals surface area contributed by atoms with Crippen LogP contribution in [0.2, 0.25) is 0 Å². The lowest BCUT2D eigenvalue weighted by Gasteiger charge is -2.10. The van der Waals surface area contributed by atoms with Crippen molar-refractivity contribution in [3.63, 3.8) is 0 Å². The maximum absolute atomic E-state index is 12.5. The van der Waals surface area contributed by atoms with Gasteiger partial charge in [-0.15, -0.1) is 0 Å². The Morgan fingerprint density at radius 2 is 1.66 bits per heavy atom. The number of esters is 1. The molecule has 166 valence electrons. The van der Waals surface area contributed by atoms with Crippen LogP contribution in [0.3, 0.4) is 0 Å². The minimum absolute atomic E-state index is 0.233. The van der Waals surface area contributed by atoms with E-state index in [1.54, 1.807) is 24.3 Å². The number of hydrogen-bond donors (Lipinski definition) is 2. The van der Waals surface area contributed by atoms with Crippen molar-refractivity contribution < 1.29 is 19.1 Å². The summed E-state index contributed by atoms with van der Waals surface area (Å²) in [6.07, 6.45) is 0. The quantitative estimate of drug-likeness (QED) is 0.462. The van der Waals surface area contributed by atoms with Crippen molar-refractivity contribution in [2.45, 2.75) is 20.4 Å². The highest BCUT2D eigenvalue weighted by Gasteiger charge is 2.18. The number of anilines is 1. The van der Waals surface area contributed by atoms with E-state index in [0.29, 0.717) is 17.8 Å². The molecular weight excluding hydrogens is 474 g/mol. The average molecular weight is 498 g/mol. The van der Waals surface area contributed by atoms with Crippen molar-refractivity contribution in [2.75, 3.05) is 18.5 Å². The SMILES string of the molecule is Cc1cc(C(=O)OCC(=O)NCC(=O)Nc2ccccc2Br)c(C)n1Cc1ccccc1. The van der Waals surface area contributed by atoms with Crippen LogP contribution in [0.5, 0.6) is 0 Å². The standard InChI is InChI=1S/C24H24BrN3O4/c1-16-12-19(17(2)28(16)14-18-8-4-3-5-9-18)24(31)32-15-23(30)26-13-22(29)27-21-11-7-6-10-20(21)25/h3-12H,13-15H2,1-2H3,(H,26,30)(H,27,29). The molecule has 0 fully saturated rings. The van der Waals surface area contributed by atoms with Gasteiger partial charge in [-0.05, 0) is 53.5 Å². The molecule has 1 heterocycles. The number of nitrogens with zero attached hydrogens (tertiary/aromatic N) is 1. The molecule has 0 aliphatic rings. The van der Waals surface area contributed by atoms with Gasteiger partial charge in [-0.1, -0.05) is 42.5 Å². The van der Waals surface area contributed by atoms with Crippen molar-refractivity contribution in [1.82, 2.24) is 9.88 Å². The predicted molar refractivity (Wildman–Crippen MR) is 126 cm³/mol. The third kappa shape index (κ3) is 6.07. The van der Waals surface area contributed by atoms with Gasteiger partial charge < -0.3 is 19.9 Å². The molecule has 1 aromatic heterocycles. The maximum Gasteiger partial charge on any atom is 0.340 e. The van der Waals surface area contributed by atoms with Gasteiger partial charge in [-0.3, -0.25) is 9.59 Å². The molecule has 32 heavy (non-hydrogen) atoms. The Morgan fingerprint density at radius 1 is 0.969 bits per heavy atom. The number of carbonyl (C=O) groups is 3. The smallest absolute Gasteiger partial charge is 0.340 e. The van der Waals surface area contributed by atoms with E-state index in [2.05, 4.69) is 26.6 Å². The van der Waals surface area contributed by atoms with E-state index in [1.807, 2.05) is 54.8 Å². The number of nitrogens with one attached hydrogen (secondary N) is 2. The number of ether oxygens (including phenoxy) is 1. The Labute approximate surface area is 194 Å². The van der Waals surface area contributed by atoms with Gasteiger partial charge in [0.15, 0.2) is 6.61 Å². The molecular formula is C24H24BrN3O4. The predicted octanol–water partition coefficient (Wildman–Crippen LogP) is 3.83. The van der Waals surface area contributed by atoms with E-state index in [9.17, 15) is 14.4 Å². The third-order valence-corrected chi connectivity index (χ3v) is 5.60.